The summed E-state index contributed by atoms with van der Waals surface area (Å²) in [5, 5.41) is 9.07. The number of urea groups is 1. The van der Waals surface area contributed by atoms with Crippen LogP contribution in [0.5, 0.6) is 0 Å². The molecule has 0 aromatic heterocycles. The Morgan fingerprint density at radius 3 is 2.18 bits per heavy atom. The molecule has 0 spiro atoms. The maximum atomic E-state index is 12.1. The number of aliphatic carboxylic acids is 1. The number of nitrogens with zero attached hydrogens (tertiary/aromatic N) is 2. The Kier molecular flexibility index (Phi) is 3.69. The van der Waals surface area contributed by atoms with Gasteiger partial charge in [-0.2, -0.15) is 0 Å². The van der Waals surface area contributed by atoms with Crippen molar-refractivity contribution in [2.75, 3.05) is 20.6 Å². The molecular weight excluding hydrogens is 220 g/mol. The molecule has 0 aromatic carbocycles. The molecule has 5 heteroatoms. The highest BCUT2D eigenvalue weighted by atomic mass is 16.4. The van der Waals surface area contributed by atoms with E-state index in [-0.39, 0.29) is 6.03 Å². The average Bonchev–Trinajstić information content (AvgIpc) is 2.91. The van der Waals surface area contributed by atoms with Gasteiger partial charge in [-0.15, -0.1) is 0 Å². The van der Waals surface area contributed by atoms with E-state index < -0.39 is 11.5 Å². The van der Waals surface area contributed by atoms with E-state index in [2.05, 4.69) is 6.92 Å². The molecule has 2 unspecified atom stereocenters. The van der Waals surface area contributed by atoms with E-state index in [1.165, 1.54) is 25.8 Å². The number of likely N-dealkylation sites (N-methyl/N-ethyl adjacent to an activating group) is 1. The van der Waals surface area contributed by atoms with E-state index >= 15 is 0 Å². The lowest BCUT2D eigenvalue weighted by molar-refractivity contribution is -0.147. The number of rotatable bonds is 4. The molecule has 0 saturated heterocycles. The molecule has 1 N–H and O–H groups in total. The van der Waals surface area contributed by atoms with Crippen molar-refractivity contribution in [3.05, 3.63) is 0 Å². The summed E-state index contributed by atoms with van der Waals surface area (Å²) in [4.78, 5) is 26.0. The number of amides is 2. The van der Waals surface area contributed by atoms with Crippen molar-refractivity contribution in [1.82, 2.24) is 9.80 Å². The van der Waals surface area contributed by atoms with Crippen molar-refractivity contribution < 1.29 is 14.7 Å². The minimum Gasteiger partial charge on any atom is -0.480 e. The summed E-state index contributed by atoms with van der Waals surface area (Å²) in [7, 11) is 3.26. The molecule has 1 saturated carbocycles. The zero-order valence-corrected chi connectivity index (χ0v) is 11.2. The molecular formula is C12H22N2O3. The van der Waals surface area contributed by atoms with Gasteiger partial charge >= 0.3 is 12.0 Å². The maximum absolute atomic E-state index is 12.1. The maximum Gasteiger partial charge on any atom is 0.329 e. The lowest BCUT2D eigenvalue weighted by Gasteiger charge is -2.34. The van der Waals surface area contributed by atoms with Gasteiger partial charge in [0.2, 0.25) is 0 Å². The lowest BCUT2D eigenvalue weighted by atomic mass is 10.0. The van der Waals surface area contributed by atoms with Crippen LogP contribution in [0.25, 0.3) is 0 Å². The van der Waals surface area contributed by atoms with Gasteiger partial charge in [0.25, 0.3) is 0 Å². The van der Waals surface area contributed by atoms with Crippen molar-refractivity contribution in [1.29, 1.82) is 0 Å². The van der Waals surface area contributed by atoms with E-state index in [0.717, 1.165) is 6.42 Å². The third-order valence-corrected chi connectivity index (χ3v) is 3.76. The van der Waals surface area contributed by atoms with Crippen LogP contribution in [0.3, 0.4) is 0 Å². The first-order valence-corrected chi connectivity index (χ1v) is 5.90. The first kappa shape index (κ1) is 13.8. The van der Waals surface area contributed by atoms with E-state index in [1.54, 1.807) is 11.9 Å². The van der Waals surface area contributed by atoms with Gasteiger partial charge in [0, 0.05) is 20.6 Å². The number of carboxylic acids is 1. The molecule has 0 aromatic rings. The van der Waals surface area contributed by atoms with Crippen LogP contribution in [-0.2, 0) is 4.79 Å². The van der Waals surface area contributed by atoms with Crippen LogP contribution in [0.1, 0.15) is 27.2 Å². The van der Waals surface area contributed by atoms with Gasteiger partial charge in [-0.05, 0) is 32.1 Å². The van der Waals surface area contributed by atoms with Crippen LogP contribution < -0.4 is 0 Å². The molecule has 17 heavy (non-hydrogen) atoms. The summed E-state index contributed by atoms with van der Waals surface area (Å²) in [5.41, 5.74) is -1.18. The van der Waals surface area contributed by atoms with Gasteiger partial charge < -0.3 is 14.9 Å². The average molecular weight is 242 g/mol. The molecule has 2 atom stereocenters. The zero-order chi connectivity index (χ0) is 13.4. The number of carbonyl (C=O) groups is 2. The highest BCUT2D eigenvalue weighted by Crippen LogP contribution is 2.38. The highest BCUT2D eigenvalue weighted by Gasteiger charge is 2.39. The third kappa shape index (κ3) is 2.90. The zero-order valence-electron chi connectivity index (χ0n) is 11.2. The summed E-state index contributed by atoms with van der Waals surface area (Å²) in [5.74, 6) is 0.259. The van der Waals surface area contributed by atoms with E-state index in [1.807, 2.05) is 0 Å². The van der Waals surface area contributed by atoms with Crippen LogP contribution >= 0.6 is 0 Å². The largest absolute Gasteiger partial charge is 0.480 e. The Bertz CT molecular complexity index is 328. The standard InChI is InChI=1S/C12H22N2O3/c1-8-6-9(8)7-13(4)11(17)14(5)12(2,3)10(15)16/h8-9H,6-7H2,1-5H3,(H,15,16). The first-order valence-electron chi connectivity index (χ1n) is 5.90. The van der Waals surface area contributed by atoms with Crippen molar-refractivity contribution in [2.24, 2.45) is 11.8 Å². The normalized spacial score (nSPS) is 23.1. The quantitative estimate of drug-likeness (QED) is 0.812. The molecule has 1 aliphatic carbocycles. The van der Waals surface area contributed by atoms with Crippen LogP contribution in [-0.4, -0.2) is 53.1 Å². The molecule has 2 amide bonds. The first-order chi connectivity index (χ1) is 7.67. The summed E-state index contributed by atoms with van der Waals surface area (Å²) >= 11 is 0. The molecule has 0 radical (unpaired) electrons. The Labute approximate surface area is 102 Å². The van der Waals surface area contributed by atoms with Crippen molar-refractivity contribution in [3.8, 4) is 0 Å². The van der Waals surface area contributed by atoms with Crippen molar-refractivity contribution in [2.45, 2.75) is 32.7 Å². The second kappa shape index (κ2) is 4.55. The van der Waals surface area contributed by atoms with Gasteiger partial charge in [0.05, 0.1) is 0 Å². The van der Waals surface area contributed by atoms with Gasteiger partial charge in [0.1, 0.15) is 5.54 Å². The smallest absolute Gasteiger partial charge is 0.329 e. The molecule has 1 aliphatic rings. The Morgan fingerprint density at radius 2 is 1.82 bits per heavy atom. The lowest BCUT2D eigenvalue weighted by Crippen LogP contribution is -2.54. The second-order valence-electron chi connectivity index (χ2n) is 5.56. The molecule has 0 aliphatic heterocycles. The Hall–Kier alpha value is -1.26. The van der Waals surface area contributed by atoms with Gasteiger partial charge in [-0.25, -0.2) is 9.59 Å². The van der Waals surface area contributed by atoms with E-state index in [4.69, 9.17) is 5.11 Å². The fourth-order valence-corrected chi connectivity index (χ4v) is 1.72. The summed E-state index contributed by atoms with van der Waals surface area (Å²) in [6, 6.07) is -0.239. The van der Waals surface area contributed by atoms with Gasteiger partial charge in [-0.1, -0.05) is 6.92 Å². The number of carbonyl (C=O) groups excluding carboxylic acids is 1. The number of carboxylic acid groups (broad SMARTS) is 1. The second-order valence-corrected chi connectivity index (χ2v) is 5.56. The van der Waals surface area contributed by atoms with Crippen molar-refractivity contribution in [3.63, 3.8) is 0 Å². The minimum atomic E-state index is -1.18. The fraction of sp³-hybridized carbons (Fsp3) is 0.833. The van der Waals surface area contributed by atoms with Crippen molar-refractivity contribution >= 4 is 12.0 Å². The van der Waals surface area contributed by atoms with E-state index in [9.17, 15) is 9.59 Å². The SMILES string of the molecule is CC1CC1CN(C)C(=O)N(C)C(C)(C)C(=O)O. The predicted octanol–water partition coefficient (Wildman–Crippen LogP) is 1.49. The number of hydrogen-bond donors (Lipinski definition) is 1. The highest BCUT2D eigenvalue weighted by molar-refractivity contribution is 5.85. The van der Waals surface area contributed by atoms with Gasteiger partial charge in [0.15, 0.2) is 0 Å². The third-order valence-electron chi connectivity index (χ3n) is 3.76. The Morgan fingerprint density at radius 1 is 1.35 bits per heavy atom. The fourth-order valence-electron chi connectivity index (χ4n) is 1.72. The molecule has 5 nitrogen and oxygen atoms in total. The molecule has 98 valence electrons. The number of hydrogen-bond acceptors (Lipinski definition) is 2. The summed E-state index contributed by atoms with van der Waals surface area (Å²) < 4.78 is 0. The van der Waals surface area contributed by atoms with Crippen LogP contribution in [0, 0.1) is 11.8 Å². The molecule has 1 fully saturated rings. The van der Waals surface area contributed by atoms with Crippen LogP contribution in [0.2, 0.25) is 0 Å². The van der Waals surface area contributed by atoms with Gasteiger partial charge in [-0.3, -0.25) is 0 Å². The van der Waals surface area contributed by atoms with Crippen LogP contribution in [0.4, 0.5) is 4.79 Å². The van der Waals surface area contributed by atoms with Crippen LogP contribution in [0.15, 0.2) is 0 Å². The topological polar surface area (TPSA) is 60.9 Å². The molecule has 1 rings (SSSR count). The molecule has 0 bridgehead atoms. The minimum absolute atomic E-state index is 0.239. The monoisotopic (exact) mass is 242 g/mol. The van der Waals surface area contributed by atoms with E-state index in [0.29, 0.717) is 18.4 Å². The summed E-state index contributed by atoms with van der Waals surface area (Å²) in [6.07, 6.45) is 1.16. The molecule has 0 heterocycles. The summed E-state index contributed by atoms with van der Waals surface area (Å²) in [6.45, 7) is 5.93. The Balaban J connectivity index is 2.59. The predicted molar refractivity (Wildman–Crippen MR) is 64.8 cm³/mol.